The van der Waals surface area contributed by atoms with Crippen molar-refractivity contribution in [2.24, 2.45) is 5.73 Å². The van der Waals surface area contributed by atoms with Gasteiger partial charge in [-0.2, -0.15) is 0 Å². The van der Waals surface area contributed by atoms with Crippen LogP contribution in [-0.2, 0) is 12.8 Å². The Bertz CT molecular complexity index is 281. The summed E-state index contributed by atoms with van der Waals surface area (Å²) in [5.74, 6) is 0. The van der Waals surface area contributed by atoms with Crippen LogP contribution in [0, 0.1) is 0 Å². The topological polar surface area (TPSA) is 26.0 Å². The normalized spacial score (nSPS) is 12.9. The Morgan fingerprint density at radius 3 is 2.46 bits per heavy atom. The van der Waals surface area contributed by atoms with Crippen LogP contribution >= 0.6 is 11.6 Å². The summed E-state index contributed by atoms with van der Waals surface area (Å²) in [6, 6.07) is 6.37. The fraction of sp³-hybridized carbons (Fsp3) is 0.455. The number of rotatable bonds is 3. The maximum absolute atomic E-state index is 5.97. The van der Waals surface area contributed by atoms with Crippen LogP contribution in [0.25, 0.3) is 0 Å². The van der Waals surface area contributed by atoms with Gasteiger partial charge in [-0.15, -0.1) is 0 Å². The summed E-state index contributed by atoms with van der Waals surface area (Å²) in [6.07, 6.45) is 1.92. The molecule has 1 atom stereocenters. The maximum atomic E-state index is 5.97. The van der Waals surface area contributed by atoms with Crippen LogP contribution in [0.2, 0.25) is 5.02 Å². The molecule has 1 aromatic carbocycles. The molecular formula is C11H16ClN. The van der Waals surface area contributed by atoms with Crippen LogP contribution in [0.1, 0.15) is 25.0 Å². The minimum absolute atomic E-state index is 0.197. The van der Waals surface area contributed by atoms with Crippen LogP contribution in [0.15, 0.2) is 18.2 Å². The van der Waals surface area contributed by atoms with Gasteiger partial charge in [0.05, 0.1) is 0 Å². The molecule has 0 heterocycles. The second kappa shape index (κ2) is 4.64. The Hall–Kier alpha value is -0.530. The van der Waals surface area contributed by atoms with Gasteiger partial charge in [-0.1, -0.05) is 24.6 Å². The van der Waals surface area contributed by atoms with Gasteiger partial charge >= 0.3 is 0 Å². The van der Waals surface area contributed by atoms with Crippen molar-refractivity contribution in [2.45, 2.75) is 32.7 Å². The van der Waals surface area contributed by atoms with Crippen molar-refractivity contribution >= 4 is 11.6 Å². The number of halogens is 1. The first-order valence-corrected chi connectivity index (χ1v) is 5.03. The van der Waals surface area contributed by atoms with Crippen molar-refractivity contribution in [2.75, 3.05) is 0 Å². The smallest absolute Gasteiger partial charge is 0.0411 e. The Labute approximate surface area is 84.9 Å². The van der Waals surface area contributed by atoms with Crippen LogP contribution in [0.4, 0.5) is 0 Å². The molecular weight excluding hydrogens is 182 g/mol. The Morgan fingerprint density at radius 1 is 1.31 bits per heavy atom. The van der Waals surface area contributed by atoms with E-state index in [1.165, 1.54) is 11.1 Å². The zero-order valence-corrected chi connectivity index (χ0v) is 8.93. The summed E-state index contributed by atoms with van der Waals surface area (Å²) < 4.78 is 0. The van der Waals surface area contributed by atoms with Crippen molar-refractivity contribution in [3.63, 3.8) is 0 Å². The van der Waals surface area contributed by atoms with E-state index in [9.17, 15) is 0 Å². The fourth-order valence-electron chi connectivity index (χ4n) is 1.41. The summed E-state index contributed by atoms with van der Waals surface area (Å²) in [4.78, 5) is 0. The number of hydrogen-bond acceptors (Lipinski definition) is 1. The molecule has 1 rings (SSSR count). The van der Waals surface area contributed by atoms with Gasteiger partial charge in [0.2, 0.25) is 0 Å². The van der Waals surface area contributed by atoms with Crippen molar-refractivity contribution in [3.05, 3.63) is 34.3 Å². The third-order valence-corrected chi connectivity index (χ3v) is 2.20. The van der Waals surface area contributed by atoms with E-state index in [2.05, 4.69) is 13.0 Å². The Morgan fingerprint density at radius 2 is 1.92 bits per heavy atom. The highest BCUT2D eigenvalue weighted by atomic mass is 35.5. The molecule has 0 saturated heterocycles. The minimum atomic E-state index is 0.197. The molecule has 1 unspecified atom stereocenters. The molecule has 0 saturated carbocycles. The predicted molar refractivity (Wildman–Crippen MR) is 58.2 cm³/mol. The van der Waals surface area contributed by atoms with E-state index < -0.39 is 0 Å². The van der Waals surface area contributed by atoms with Crippen LogP contribution in [0.5, 0.6) is 0 Å². The first-order valence-electron chi connectivity index (χ1n) is 4.65. The molecule has 0 spiro atoms. The highest BCUT2D eigenvalue weighted by Crippen LogP contribution is 2.16. The molecule has 0 aliphatic heterocycles. The number of hydrogen-bond donors (Lipinski definition) is 1. The quantitative estimate of drug-likeness (QED) is 0.793. The number of nitrogens with two attached hydrogens (primary N) is 1. The first kappa shape index (κ1) is 10.6. The molecule has 1 aromatic rings. The molecule has 72 valence electrons. The lowest BCUT2D eigenvalue weighted by molar-refractivity contribution is 0.737. The number of aryl methyl sites for hydroxylation is 1. The van der Waals surface area contributed by atoms with Crippen molar-refractivity contribution < 1.29 is 0 Å². The predicted octanol–water partition coefficient (Wildman–Crippen LogP) is 2.79. The Balaban J connectivity index is 2.88. The number of benzene rings is 1. The van der Waals surface area contributed by atoms with Gasteiger partial charge in [0.25, 0.3) is 0 Å². The van der Waals surface area contributed by atoms with E-state index >= 15 is 0 Å². The molecule has 0 aliphatic carbocycles. The lowest BCUT2D eigenvalue weighted by Gasteiger charge is -2.07. The van der Waals surface area contributed by atoms with E-state index in [1.807, 2.05) is 19.1 Å². The molecule has 0 amide bonds. The SMILES string of the molecule is CCc1cc(Cl)cc(CC(C)N)c1. The average molecular weight is 198 g/mol. The molecule has 0 aromatic heterocycles. The largest absolute Gasteiger partial charge is 0.328 e. The van der Waals surface area contributed by atoms with Gasteiger partial charge in [0.15, 0.2) is 0 Å². The molecule has 0 fully saturated rings. The first-order chi connectivity index (χ1) is 6.11. The second-order valence-corrected chi connectivity index (χ2v) is 3.94. The summed E-state index contributed by atoms with van der Waals surface area (Å²) in [7, 11) is 0. The van der Waals surface area contributed by atoms with E-state index in [0.29, 0.717) is 0 Å². The second-order valence-electron chi connectivity index (χ2n) is 3.50. The summed E-state index contributed by atoms with van der Waals surface area (Å²) in [5.41, 5.74) is 8.24. The summed E-state index contributed by atoms with van der Waals surface area (Å²) in [5, 5.41) is 0.815. The highest BCUT2D eigenvalue weighted by Gasteiger charge is 2.01. The monoisotopic (exact) mass is 197 g/mol. The minimum Gasteiger partial charge on any atom is -0.328 e. The van der Waals surface area contributed by atoms with Gasteiger partial charge in [0, 0.05) is 11.1 Å². The third-order valence-electron chi connectivity index (χ3n) is 1.98. The van der Waals surface area contributed by atoms with Crippen LogP contribution in [-0.4, -0.2) is 6.04 Å². The fourth-order valence-corrected chi connectivity index (χ4v) is 1.69. The van der Waals surface area contributed by atoms with Gasteiger partial charge in [0.1, 0.15) is 0 Å². The zero-order chi connectivity index (χ0) is 9.84. The van der Waals surface area contributed by atoms with Crippen molar-refractivity contribution in [1.29, 1.82) is 0 Å². The summed E-state index contributed by atoms with van der Waals surface area (Å²) in [6.45, 7) is 4.13. The molecule has 13 heavy (non-hydrogen) atoms. The van der Waals surface area contributed by atoms with Gasteiger partial charge < -0.3 is 5.73 Å². The van der Waals surface area contributed by atoms with Gasteiger partial charge in [-0.25, -0.2) is 0 Å². The molecule has 2 heteroatoms. The van der Waals surface area contributed by atoms with Gasteiger partial charge in [-0.3, -0.25) is 0 Å². The van der Waals surface area contributed by atoms with E-state index in [1.54, 1.807) is 0 Å². The standard InChI is InChI=1S/C11H16ClN/c1-3-9-5-10(4-8(2)13)7-11(12)6-9/h5-8H,3-4,13H2,1-2H3. The third kappa shape index (κ3) is 3.37. The van der Waals surface area contributed by atoms with E-state index in [0.717, 1.165) is 17.9 Å². The van der Waals surface area contributed by atoms with E-state index in [-0.39, 0.29) is 6.04 Å². The summed E-state index contributed by atoms with van der Waals surface area (Å²) >= 11 is 5.97. The highest BCUT2D eigenvalue weighted by molar-refractivity contribution is 6.30. The van der Waals surface area contributed by atoms with Crippen molar-refractivity contribution in [1.82, 2.24) is 0 Å². The molecule has 0 bridgehead atoms. The maximum Gasteiger partial charge on any atom is 0.0411 e. The molecule has 0 aliphatic rings. The zero-order valence-electron chi connectivity index (χ0n) is 8.18. The van der Waals surface area contributed by atoms with Crippen LogP contribution in [0.3, 0.4) is 0 Å². The van der Waals surface area contributed by atoms with E-state index in [4.69, 9.17) is 17.3 Å². The van der Waals surface area contributed by atoms with Crippen molar-refractivity contribution in [3.8, 4) is 0 Å². The lowest BCUT2D eigenvalue weighted by Crippen LogP contribution is -2.17. The molecule has 2 N–H and O–H groups in total. The van der Waals surface area contributed by atoms with Crippen LogP contribution < -0.4 is 5.73 Å². The molecule has 1 nitrogen and oxygen atoms in total. The van der Waals surface area contributed by atoms with Gasteiger partial charge in [-0.05, 0) is 43.0 Å². The lowest BCUT2D eigenvalue weighted by atomic mass is 10.0. The Kier molecular flexibility index (Phi) is 3.76. The average Bonchev–Trinajstić information content (AvgIpc) is 2.01. The molecule has 0 radical (unpaired) electrons.